The highest BCUT2D eigenvalue weighted by Gasteiger charge is 2.36. The molecule has 1 fully saturated rings. The number of carbonyl (C=O) groups is 4. The Labute approximate surface area is 174 Å². The second-order valence-corrected chi connectivity index (χ2v) is 7.35. The van der Waals surface area contributed by atoms with Gasteiger partial charge in [-0.1, -0.05) is 29.8 Å². The molecule has 1 heterocycles. The van der Waals surface area contributed by atoms with Gasteiger partial charge in [0.25, 0.3) is 11.1 Å². The lowest BCUT2D eigenvalue weighted by atomic mass is 10.1. The van der Waals surface area contributed by atoms with Gasteiger partial charge in [-0.2, -0.15) is 0 Å². The number of carboxylic acid groups (broad SMARTS) is 1. The number of benzene rings is 2. The summed E-state index contributed by atoms with van der Waals surface area (Å²) in [6, 6.07) is 12.7. The van der Waals surface area contributed by atoms with Crippen LogP contribution < -0.4 is 4.74 Å². The van der Waals surface area contributed by atoms with Gasteiger partial charge in [0.2, 0.25) is 0 Å². The summed E-state index contributed by atoms with van der Waals surface area (Å²) in [5, 5.41) is 8.67. The molecule has 0 bridgehead atoms. The minimum Gasteiger partial charge on any atom is -0.481 e. The summed E-state index contributed by atoms with van der Waals surface area (Å²) in [4.78, 5) is 49.0. The third kappa shape index (κ3) is 5.04. The Hall–Kier alpha value is -3.10. The van der Waals surface area contributed by atoms with Gasteiger partial charge in [0.1, 0.15) is 5.75 Å². The number of imide groups is 1. The molecule has 29 heavy (non-hydrogen) atoms. The molecule has 2 aromatic rings. The van der Waals surface area contributed by atoms with Crippen LogP contribution in [0.5, 0.6) is 5.75 Å². The van der Waals surface area contributed by atoms with Crippen molar-refractivity contribution < 1.29 is 29.0 Å². The SMILES string of the molecule is O=C(O)COc1ccccc1/C=C1/SC(=O)N(CC(=O)c2ccc(Cl)cc2)C1=O. The molecule has 0 aliphatic carbocycles. The van der Waals surface area contributed by atoms with Gasteiger partial charge in [-0.3, -0.25) is 19.3 Å². The van der Waals surface area contributed by atoms with E-state index >= 15 is 0 Å². The highest BCUT2D eigenvalue weighted by molar-refractivity contribution is 8.18. The minimum atomic E-state index is -1.14. The maximum Gasteiger partial charge on any atom is 0.341 e. The van der Waals surface area contributed by atoms with Crippen LogP contribution in [0, 0.1) is 0 Å². The molecule has 1 aliphatic rings. The van der Waals surface area contributed by atoms with Crippen LogP contribution in [-0.2, 0) is 9.59 Å². The molecule has 0 aromatic heterocycles. The van der Waals surface area contributed by atoms with E-state index in [2.05, 4.69) is 0 Å². The molecule has 0 spiro atoms. The predicted molar refractivity (Wildman–Crippen MR) is 108 cm³/mol. The van der Waals surface area contributed by atoms with E-state index in [4.69, 9.17) is 21.4 Å². The van der Waals surface area contributed by atoms with E-state index in [1.165, 1.54) is 18.2 Å². The summed E-state index contributed by atoms with van der Waals surface area (Å²) in [5.74, 6) is -1.87. The minimum absolute atomic E-state index is 0.116. The number of para-hydroxylation sites is 1. The molecule has 148 valence electrons. The van der Waals surface area contributed by atoms with Gasteiger partial charge < -0.3 is 9.84 Å². The third-order valence-corrected chi connectivity index (χ3v) is 5.06. The van der Waals surface area contributed by atoms with Crippen LogP contribution in [-0.4, -0.2) is 46.1 Å². The summed E-state index contributed by atoms with van der Waals surface area (Å²) in [7, 11) is 0. The molecule has 0 radical (unpaired) electrons. The average molecular weight is 432 g/mol. The number of rotatable bonds is 7. The number of nitrogens with zero attached hydrogens (tertiary/aromatic N) is 1. The van der Waals surface area contributed by atoms with E-state index in [0.717, 1.165) is 4.90 Å². The number of aliphatic carboxylic acids is 1. The first-order valence-corrected chi connectivity index (χ1v) is 9.52. The highest BCUT2D eigenvalue weighted by Crippen LogP contribution is 2.34. The van der Waals surface area contributed by atoms with Crippen molar-refractivity contribution >= 4 is 52.3 Å². The number of amides is 2. The Bertz CT molecular complexity index is 1020. The Kier molecular flexibility index (Phi) is 6.36. The number of hydrogen-bond donors (Lipinski definition) is 1. The van der Waals surface area contributed by atoms with Crippen molar-refractivity contribution in [2.24, 2.45) is 0 Å². The summed E-state index contributed by atoms with van der Waals surface area (Å²) in [6.45, 7) is -0.928. The molecule has 1 aliphatic heterocycles. The fourth-order valence-corrected chi connectivity index (χ4v) is 3.47. The average Bonchev–Trinajstić information content (AvgIpc) is 2.95. The summed E-state index contributed by atoms with van der Waals surface area (Å²) in [5.41, 5.74) is 0.785. The molecule has 9 heteroatoms. The van der Waals surface area contributed by atoms with Crippen LogP contribution >= 0.6 is 23.4 Å². The van der Waals surface area contributed by atoms with E-state index in [-0.39, 0.29) is 17.2 Å². The Morgan fingerprint density at radius 2 is 1.79 bits per heavy atom. The normalized spacial score (nSPS) is 15.1. The summed E-state index contributed by atoms with van der Waals surface area (Å²) < 4.78 is 5.20. The van der Waals surface area contributed by atoms with Gasteiger partial charge in [-0.25, -0.2) is 4.79 Å². The Balaban J connectivity index is 1.77. The Morgan fingerprint density at radius 1 is 1.10 bits per heavy atom. The quantitative estimate of drug-likeness (QED) is 0.526. The van der Waals surface area contributed by atoms with Gasteiger partial charge >= 0.3 is 5.97 Å². The number of halogens is 1. The lowest BCUT2D eigenvalue weighted by molar-refractivity contribution is -0.139. The molecule has 2 aromatic carbocycles. The van der Waals surface area contributed by atoms with Crippen LogP contribution in [0.4, 0.5) is 4.79 Å². The van der Waals surface area contributed by atoms with Gasteiger partial charge in [-0.15, -0.1) is 0 Å². The fourth-order valence-electron chi connectivity index (χ4n) is 2.52. The van der Waals surface area contributed by atoms with Crippen LogP contribution in [0.3, 0.4) is 0 Å². The van der Waals surface area contributed by atoms with Crippen molar-refractivity contribution in [1.82, 2.24) is 4.90 Å². The lowest BCUT2D eigenvalue weighted by Gasteiger charge is -2.11. The summed E-state index contributed by atoms with van der Waals surface area (Å²) in [6.07, 6.45) is 1.44. The van der Waals surface area contributed by atoms with E-state index < -0.39 is 29.5 Å². The zero-order valence-corrected chi connectivity index (χ0v) is 16.4. The maximum atomic E-state index is 12.6. The molecule has 1 saturated heterocycles. The van der Waals surface area contributed by atoms with Crippen molar-refractivity contribution in [3.8, 4) is 5.75 Å². The second-order valence-electron chi connectivity index (χ2n) is 5.92. The van der Waals surface area contributed by atoms with Crippen LogP contribution in [0.2, 0.25) is 5.02 Å². The predicted octanol–water partition coefficient (Wildman–Crippen LogP) is 3.72. The number of ether oxygens (including phenoxy) is 1. The zero-order valence-electron chi connectivity index (χ0n) is 14.8. The first kappa shape index (κ1) is 20.6. The number of Topliss-reactive ketones (excluding diaryl/α,β-unsaturated/α-hetero) is 1. The van der Waals surface area contributed by atoms with Crippen molar-refractivity contribution in [1.29, 1.82) is 0 Å². The van der Waals surface area contributed by atoms with Crippen LogP contribution in [0.15, 0.2) is 53.4 Å². The van der Waals surface area contributed by atoms with Gasteiger partial charge in [0.05, 0.1) is 11.4 Å². The third-order valence-electron chi connectivity index (χ3n) is 3.90. The topological polar surface area (TPSA) is 101 Å². The molecule has 1 N–H and O–H groups in total. The van der Waals surface area contributed by atoms with Gasteiger partial charge in [0, 0.05) is 16.1 Å². The van der Waals surface area contributed by atoms with Crippen molar-refractivity contribution in [3.63, 3.8) is 0 Å². The van der Waals surface area contributed by atoms with E-state index in [9.17, 15) is 19.2 Å². The molecule has 0 atom stereocenters. The van der Waals surface area contributed by atoms with E-state index in [0.29, 0.717) is 27.9 Å². The molecule has 2 amide bonds. The van der Waals surface area contributed by atoms with Gasteiger partial charge in [0.15, 0.2) is 12.4 Å². The number of hydrogen-bond acceptors (Lipinski definition) is 6. The molecule has 7 nitrogen and oxygen atoms in total. The number of carboxylic acids is 1. The highest BCUT2D eigenvalue weighted by atomic mass is 35.5. The second kappa shape index (κ2) is 8.93. The van der Waals surface area contributed by atoms with Crippen molar-refractivity contribution in [2.45, 2.75) is 0 Å². The maximum absolute atomic E-state index is 12.6. The smallest absolute Gasteiger partial charge is 0.341 e. The molecule has 0 unspecified atom stereocenters. The summed E-state index contributed by atoms with van der Waals surface area (Å²) >= 11 is 6.50. The molecular weight excluding hydrogens is 418 g/mol. The van der Waals surface area contributed by atoms with Crippen LogP contribution in [0.25, 0.3) is 6.08 Å². The largest absolute Gasteiger partial charge is 0.481 e. The molecule has 0 saturated carbocycles. The van der Waals surface area contributed by atoms with E-state index in [1.54, 1.807) is 36.4 Å². The lowest BCUT2D eigenvalue weighted by Crippen LogP contribution is -2.33. The Morgan fingerprint density at radius 3 is 2.48 bits per heavy atom. The first-order chi connectivity index (χ1) is 13.8. The number of ketones is 1. The van der Waals surface area contributed by atoms with Crippen molar-refractivity contribution in [2.75, 3.05) is 13.2 Å². The number of thioether (sulfide) groups is 1. The molecular formula is C20H14ClNO6S. The van der Waals surface area contributed by atoms with Crippen molar-refractivity contribution in [3.05, 3.63) is 69.6 Å². The standard InChI is InChI=1S/C20H14ClNO6S/c21-14-7-5-12(6-8-14)15(23)10-22-19(26)17(29-20(22)27)9-13-3-1-2-4-16(13)28-11-18(24)25/h1-9H,10-11H2,(H,24,25)/b17-9+. The first-order valence-electron chi connectivity index (χ1n) is 8.33. The zero-order chi connectivity index (χ0) is 21.0. The molecule has 3 rings (SSSR count). The van der Waals surface area contributed by atoms with Crippen LogP contribution in [0.1, 0.15) is 15.9 Å². The monoisotopic (exact) mass is 431 g/mol. The van der Waals surface area contributed by atoms with Gasteiger partial charge in [-0.05, 0) is 48.2 Å². The fraction of sp³-hybridized carbons (Fsp3) is 0.100. The number of carbonyl (C=O) groups excluding carboxylic acids is 3. The van der Waals surface area contributed by atoms with E-state index in [1.807, 2.05) is 0 Å².